The Kier molecular flexibility index (Phi) is 7.60. The van der Waals surface area contributed by atoms with Crippen LogP contribution in [0.25, 0.3) is 0 Å². The van der Waals surface area contributed by atoms with E-state index < -0.39 is 0 Å². The number of halogens is 1. The van der Waals surface area contributed by atoms with Gasteiger partial charge in [-0.2, -0.15) is 0 Å². The summed E-state index contributed by atoms with van der Waals surface area (Å²) in [7, 11) is 1.61. The number of aromatic nitrogens is 1. The Bertz CT molecular complexity index is 711. The largest absolute Gasteiger partial charge is 0.497 e. The molecule has 3 N–H and O–H groups in total. The van der Waals surface area contributed by atoms with Gasteiger partial charge >= 0.3 is 0 Å². The van der Waals surface area contributed by atoms with E-state index in [0.29, 0.717) is 12.1 Å². The summed E-state index contributed by atoms with van der Waals surface area (Å²) < 4.78 is 6.73. The lowest BCUT2D eigenvalue weighted by molar-refractivity contribution is 0.415. The first-order valence-electron chi connectivity index (χ1n) is 7.03. The topological polar surface area (TPSA) is 81.6 Å². The second-order valence-electron chi connectivity index (χ2n) is 4.68. The van der Waals surface area contributed by atoms with Crippen molar-refractivity contribution in [1.29, 1.82) is 0 Å². The van der Waals surface area contributed by atoms with E-state index >= 15 is 0 Å². The van der Waals surface area contributed by atoms with Gasteiger partial charge in [-0.25, -0.2) is 4.99 Å². The fourth-order valence-corrected chi connectivity index (χ4v) is 1.99. The Hall–Kier alpha value is -2.03. The number of rotatable bonds is 5. The van der Waals surface area contributed by atoms with Gasteiger partial charge < -0.3 is 20.4 Å². The number of nitrogens with one attached hydrogen (secondary N) is 1. The number of ether oxygens (including phenoxy) is 1. The van der Waals surface area contributed by atoms with Crippen LogP contribution in [0.15, 0.2) is 52.4 Å². The van der Waals surface area contributed by atoms with Crippen molar-refractivity contribution in [2.75, 3.05) is 12.4 Å². The molecule has 1 heterocycles. The molecule has 2 rings (SSSR count). The highest BCUT2D eigenvalue weighted by Crippen LogP contribution is 2.14. The molecule has 0 atom stereocenters. The number of pyridine rings is 1. The van der Waals surface area contributed by atoms with E-state index in [9.17, 15) is 4.79 Å². The minimum Gasteiger partial charge on any atom is -0.497 e. The van der Waals surface area contributed by atoms with E-state index in [4.69, 9.17) is 10.5 Å². The second kappa shape index (κ2) is 9.19. The number of hydrogen-bond donors (Lipinski definition) is 2. The number of benzene rings is 1. The second-order valence-corrected chi connectivity index (χ2v) is 4.68. The molecule has 23 heavy (non-hydrogen) atoms. The third kappa shape index (κ3) is 5.27. The molecule has 0 aliphatic rings. The molecule has 1 aromatic carbocycles. The summed E-state index contributed by atoms with van der Waals surface area (Å²) in [5.74, 6) is 1.03. The van der Waals surface area contributed by atoms with Crippen LogP contribution in [0.3, 0.4) is 0 Å². The fraction of sp³-hybridized carbons (Fsp3) is 0.250. The van der Waals surface area contributed by atoms with Crippen LogP contribution in [0.4, 0.5) is 5.69 Å². The monoisotopic (exact) mass is 428 g/mol. The average molecular weight is 428 g/mol. The van der Waals surface area contributed by atoms with Crippen molar-refractivity contribution >= 4 is 35.6 Å². The molecule has 2 aromatic rings. The molecule has 0 bridgehead atoms. The van der Waals surface area contributed by atoms with Crippen LogP contribution in [-0.2, 0) is 13.1 Å². The fourth-order valence-electron chi connectivity index (χ4n) is 1.99. The number of guanidine groups is 1. The van der Waals surface area contributed by atoms with Crippen LogP contribution in [0, 0.1) is 0 Å². The van der Waals surface area contributed by atoms with Crippen molar-refractivity contribution in [3.8, 4) is 5.75 Å². The van der Waals surface area contributed by atoms with Crippen LogP contribution >= 0.6 is 24.0 Å². The minimum atomic E-state index is -0.0361. The van der Waals surface area contributed by atoms with Crippen molar-refractivity contribution in [2.45, 2.75) is 20.0 Å². The third-order valence-corrected chi connectivity index (χ3v) is 3.22. The number of methoxy groups -OCH3 is 1. The Labute approximate surface area is 152 Å². The highest BCUT2D eigenvalue weighted by atomic mass is 127. The van der Waals surface area contributed by atoms with Gasteiger partial charge in [0.25, 0.3) is 5.56 Å². The molecule has 0 saturated heterocycles. The van der Waals surface area contributed by atoms with E-state index in [1.165, 1.54) is 0 Å². The van der Waals surface area contributed by atoms with Gasteiger partial charge in [-0.05, 0) is 37.3 Å². The van der Waals surface area contributed by atoms with Crippen LogP contribution in [0.2, 0.25) is 0 Å². The molecule has 7 heteroatoms. The Balaban J connectivity index is 0.00000264. The number of nitrogens with two attached hydrogens (primary N) is 1. The Morgan fingerprint density at radius 3 is 2.61 bits per heavy atom. The first kappa shape index (κ1) is 19.0. The molecular weight excluding hydrogens is 407 g/mol. The summed E-state index contributed by atoms with van der Waals surface area (Å²) in [5, 5.41) is 2.97. The maximum Gasteiger partial charge on any atom is 0.255 e. The molecule has 0 aliphatic carbocycles. The standard InChI is InChI=1S/C16H20N4O2.HI/c1-3-20-10-4-5-12(15(20)21)11-18-16(17)19-13-6-8-14(22-2)9-7-13;/h4-10H,3,11H2,1-2H3,(H3,17,18,19);1H. The molecule has 0 unspecified atom stereocenters. The highest BCUT2D eigenvalue weighted by Gasteiger charge is 2.02. The zero-order valence-corrected chi connectivity index (χ0v) is 15.5. The lowest BCUT2D eigenvalue weighted by Crippen LogP contribution is -2.25. The van der Waals surface area contributed by atoms with Crippen LogP contribution in [0.5, 0.6) is 5.75 Å². The molecule has 0 spiro atoms. The van der Waals surface area contributed by atoms with E-state index in [-0.39, 0.29) is 42.0 Å². The van der Waals surface area contributed by atoms with Gasteiger partial charge in [-0.15, -0.1) is 24.0 Å². The van der Waals surface area contributed by atoms with E-state index in [0.717, 1.165) is 11.4 Å². The zero-order valence-electron chi connectivity index (χ0n) is 13.2. The normalized spacial score (nSPS) is 10.8. The molecule has 0 amide bonds. The van der Waals surface area contributed by atoms with Crippen LogP contribution < -0.4 is 21.3 Å². The number of nitrogens with zero attached hydrogens (tertiary/aromatic N) is 2. The van der Waals surface area contributed by atoms with Crippen LogP contribution in [0.1, 0.15) is 12.5 Å². The number of aryl methyl sites for hydroxylation is 1. The maximum atomic E-state index is 12.1. The predicted molar refractivity (Wildman–Crippen MR) is 104 cm³/mol. The van der Waals surface area contributed by atoms with E-state index in [1.54, 1.807) is 23.9 Å². The van der Waals surface area contributed by atoms with Gasteiger partial charge in [0.15, 0.2) is 5.96 Å². The third-order valence-electron chi connectivity index (χ3n) is 3.22. The zero-order chi connectivity index (χ0) is 15.9. The summed E-state index contributed by atoms with van der Waals surface area (Å²) >= 11 is 0. The molecule has 0 aliphatic heterocycles. The van der Waals surface area contributed by atoms with Crippen molar-refractivity contribution < 1.29 is 4.74 Å². The maximum absolute atomic E-state index is 12.1. The molecule has 6 nitrogen and oxygen atoms in total. The van der Waals surface area contributed by atoms with Gasteiger partial charge in [-0.3, -0.25) is 4.79 Å². The number of aliphatic imine (C=N–C) groups is 1. The van der Waals surface area contributed by atoms with Crippen molar-refractivity contribution in [2.24, 2.45) is 10.7 Å². The molecule has 0 saturated carbocycles. The van der Waals surface area contributed by atoms with E-state index in [1.807, 2.05) is 37.3 Å². The van der Waals surface area contributed by atoms with Gasteiger partial charge in [0.05, 0.1) is 13.7 Å². The summed E-state index contributed by atoms with van der Waals surface area (Å²) in [4.78, 5) is 16.3. The van der Waals surface area contributed by atoms with E-state index in [2.05, 4.69) is 10.3 Å². The lowest BCUT2D eigenvalue weighted by Gasteiger charge is -2.07. The van der Waals surface area contributed by atoms with Gasteiger partial charge in [0.1, 0.15) is 5.75 Å². The Morgan fingerprint density at radius 1 is 1.30 bits per heavy atom. The van der Waals surface area contributed by atoms with Gasteiger partial charge in [0.2, 0.25) is 0 Å². The number of hydrogen-bond acceptors (Lipinski definition) is 3. The average Bonchev–Trinajstić information content (AvgIpc) is 2.54. The molecule has 0 fully saturated rings. The molecule has 0 radical (unpaired) electrons. The van der Waals surface area contributed by atoms with Crippen molar-refractivity contribution in [3.63, 3.8) is 0 Å². The molecular formula is C16H21IN4O2. The first-order chi connectivity index (χ1) is 10.6. The lowest BCUT2D eigenvalue weighted by atomic mass is 10.3. The quantitative estimate of drug-likeness (QED) is 0.436. The highest BCUT2D eigenvalue weighted by molar-refractivity contribution is 14.0. The minimum absolute atomic E-state index is 0. The first-order valence-corrected chi connectivity index (χ1v) is 7.03. The van der Waals surface area contributed by atoms with Crippen molar-refractivity contribution in [1.82, 2.24) is 4.57 Å². The summed E-state index contributed by atoms with van der Waals surface area (Å²) in [5.41, 5.74) is 7.23. The predicted octanol–water partition coefficient (Wildman–Crippen LogP) is 2.42. The summed E-state index contributed by atoms with van der Waals surface area (Å²) in [6.45, 7) is 2.80. The Morgan fingerprint density at radius 2 is 2.00 bits per heavy atom. The molecule has 1 aromatic heterocycles. The summed E-state index contributed by atoms with van der Waals surface area (Å²) in [6.07, 6.45) is 1.76. The van der Waals surface area contributed by atoms with Crippen molar-refractivity contribution in [3.05, 3.63) is 58.5 Å². The molecule has 124 valence electrons. The SMILES string of the molecule is CCn1cccc(CN=C(N)Nc2ccc(OC)cc2)c1=O.I. The van der Waals surface area contributed by atoms with Crippen LogP contribution in [-0.4, -0.2) is 17.6 Å². The van der Waals surface area contributed by atoms with Gasteiger partial charge in [-0.1, -0.05) is 6.07 Å². The number of anilines is 1. The smallest absolute Gasteiger partial charge is 0.255 e. The van der Waals surface area contributed by atoms with Gasteiger partial charge in [0, 0.05) is 24.0 Å². The summed E-state index contributed by atoms with van der Waals surface area (Å²) in [6, 6.07) is 10.9.